The van der Waals surface area contributed by atoms with Crippen LogP contribution >= 0.6 is 0 Å². The molecule has 0 bridgehead atoms. The van der Waals surface area contributed by atoms with E-state index >= 15 is 0 Å². The molecule has 1 aromatic heterocycles. The van der Waals surface area contributed by atoms with Crippen molar-refractivity contribution in [1.29, 1.82) is 0 Å². The lowest BCUT2D eigenvalue weighted by molar-refractivity contribution is -0.119. The van der Waals surface area contributed by atoms with Gasteiger partial charge in [0.15, 0.2) is 5.89 Å². The lowest BCUT2D eigenvalue weighted by Crippen LogP contribution is -2.20. The summed E-state index contributed by atoms with van der Waals surface area (Å²) in [6, 6.07) is 7.66. The fraction of sp³-hybridized carbons (Fsp3) is 0.375. The second-order valence-electron chi connectivity index (χ2n) is 4.83. The van der Waals surface area contributed by atoms with Crippen LogP contribution < -0.4 is 4.74 Å². The zero-order valence-electron chi connectivity index (χ0n) is 12.4. The summed E-state index contributed by atoms with van der Waals surface area (Å²) >= 11 is 0. The van der Waals surface area contributed by atoms with Crippen LogP contribution in [0.15, 0.2) is 34.9 Å². The third kappa shape index (κ3) is 4.34. The maximum absolute atomic E-state index is 11.2. The van der Waals surface area contributed by atoms with Gasteiger partial charge in [0, 0.05) is 13.0 Å². The summed E-state index contributed by atoms with van der Waals surface area (Å²) < 4.78 is 10.8. The molecule has 1 amide bonds. The van der Waals surface area contributed by atoms with E-state index < -0.39 is 0 Å². The average molecular weight is 288 g/mol. The minimum atomic E-state index is 0.414. The van der Waals surface area contributed by atoms with Crippen LogP contribution in [0.3, 0.4) is 0 Å². The van der Waals surface area contributed by atoms with Gasteiger partial charge in [-0.3, -0.25) is 4.79 Å². The number of hydrogen-bond donors (Lipinski definition) is 0. The number of oxazole rings is 1. The quantitative estimate of drug-likeness (QED) is 0.701. The van der Waals surface area contributed by atoms with Crippen molar-refractivity contribution in [1.82, 2.24) is 9.88 Å². The van der Waals surface area contributed by atoms with Gasteiger partial charge in [-0.25, -0.2) is 4.98 Å². The summed E-state index contributed by atoms with van der Waals surface area (Å²) in [5, 5.41) is 0. The molecular formula is C16H20N2O3. The average Bonchev–Trinajstić information content (AvgIpc) is 2.94. The first-order valence-electron chi connectivity index (χ1n) is 7.01. The number of methoxy groups -OCH3 is 1. The van der Waals surface area contributed by atoms with E-state index in [4.69, 9.17) is 9.15 Å². The Balaban J connectivity index is 2.00. The molecule has 0 N–H and O–H groups in total. The first kappa shape index (κ1) is 15.1. The number of ether oxygens (including phenoxy) is 1. The molecule has 0 radical (unpaired) electrons. The molecule has 1 heterocycles. The molecule has 0 saturated carbocycles. The molecule has 2 aromatic rings. The molecule has 0 unspecified atom stereocenters. The Hall–Kier alpha value is -2.30. The fourth-order valence-corrected chi connectivity index (χ4v) is 2.09. The van der Waals surface area contributed by atoms with E-state index in [1.54, 1.807) is 18.2 Å². The van der Waals surface area contributed by atoms with Gasteiger partial charge in [-0.15, -0.1) is 0 Å². The third-order valence-electron chi connectivity index (χ3n) is 3.09. The van der Waals surface area contributed by atoms with E-state index in [0.29, 0.717) is 18.8 Å². The summed E-state index contributed by atoms with van der Waals surface area (Å²) in [4.78, 5) is 17.1. The highest BCUT2D eigenvalue weighted by Gasteiger charge is 2.09. The van der Waals surface area contributed by atoms with Gasteiger partial charge >= 0.3 is 0 Å². The second-order valence-corrected chi connectivity index (χ2v) is 4.83. The lowest BCUT2D eigenvalue weighted by atomic mass is 10.2. The van der Waals surface area contributed by atoms with Gasteiger partial charge in [0.2, 0.25) is 6.41 Å². The molecule has 0 aliphatic heterocycles. The van der Waals surface area contributed by atoms with Gasteiger partial charge in [-0.05, 0) is 24.1 Å². The molecule has 5 nitrogen and oxygen atoms in total. The molecule has 0 aliphatic carbocycles. The van der Waals surface area contributed by atoms with Gasteiger partial charge < -0.3 is 14.1 Å². The molecular weight excluding hydrogens is 268 g/mol. The smallest absolute Gasteiger partial charge is 0.210 e. The maximum Gasteiger partial charge on any atom is 0.210 e. The number of amides is 1. The van der Waals surface area contributed by atoms with Crippen molar-refractivity contribution in [3.05, 3.63) is 47.7 Å². The SMILES string of the molecule is CCCc1ncc(CN(C=O)Cc2cccc(OC)c2)o1. The van der Waals surface area contributed by atoms with Crippen LogP contribution in [0, 0.1) is 0 Å². The number of carbonyl (C=O) groups excluding carboxylic acids is 1. The van der Waals surface area contributed by atoms with Crippen LogP contribution in [-0.2, 0) is 24.3 Å². The van der Waals surface area contributed by atoms with Crippen molar-refractivity contribution in [3.8, 4) is 5.75 Å². The van der Waals surface area contributed by atoms with E-state index in [1.807, 2.05) is 24.3 Å². The van der Waals surface area contributed by atoms with E-state index in [1.165, 1.54) is 0 Å². The van der Waals surface area contributed by atoms with E-state index in [0.717, 1.165) is 36.5 Å². The lowest BCUT2D eigenvalue weighted by Gasteiger charge is -2.16. The monoisotopic (exact) mass is 288 g/mol. The van der Waals surface area contributed by atoms with Crippen LogP contribution in [0.5, 0.6) is 5.75 Å². The summed E-state index contributed by atoms with van der Waals surface area (Å²) in [6.45, 7) is 2.99. The summed E-state index contributed by atoms with van der Waals surface area (Å²) in [6.07, 6.45) is 4.31. The van der Waals surface area contributed by atoms with Crippen LogP contribution in [0.25, 0.3) is 0 Å². The van der Waals surface area contributed by atoms with Gasteiger partial charge in [0.1, 0.15) is 11.5 Å². The van der Waals surface area contributed by atoms with Crippen molar-refractivity contribution < 1.29 is 13.9 Å². The molecule has 2 rings (SSSR count). The zero-order chi connectivity index (χ0) is 15.1. The number of benzene rings is 1. The second kappa shape index (κ2) is 7.47. The van der Waals surface area contributed by atoms with Crippen LogP contribution in [0.1, 0.15) is 30.6 Å². The molecule has 0 spiro atoms. The first-order valence-corrected chi connectivity index (χ1v) is 7.01. The van der Waals surface area contributed by atoms with Gasteiger partial charge in [-0.1, -0.05) is 19.1 Å². The van der Waals surface area contributed by atoms with Crippen molar-refractivity contribution in [3.63, 3.8) is 0 Å². The van der Waals surface area contributed by atoms with E-state index in [2.05, 4.69) is 11.9 Å². The molecule has 21 heavy (non-hydrogen) atoms. The van der Waals surface area contributed by atoms with E-state index in [-0.39, 0.29) is 0 Å². The van der Waals surface area contributed by atoms with Crippen LogP contribution in [0.4, 0.5) is 0 Å². The Morgan fingerprint density at radius 2 is 2.24 bits per heavy atom. The molecule has 5 heteroatoms. The fourth-order valence-electron chi connectivity index (χ4n) is 2.09. The Labute approximate surface area is 124 Å². The molecule has 0 saturated heterocycles. The maximum atomic E-state index is 11.2. The summed E-state index contributed by atoms with van der Waals surface area (Å²) in [7, 11) is 1.63. The van der Waals surface area contributed by atoms with Crippen molar-refractivity contribution in [2.45, 2.75) is 32.9 Å². The Bertz CT molecular complexity index is 580. The largest absolute Gasteiger partial charge is 0.497 e. The predicted molar refractivity (Wildman–Crippen MR) is 78.8 cm³/mol. The minimum Gasteiger partial charge on any atom is -0.497 e. The van der Waals surface area contributed by atoms with Crippen molar-refractivity contribution >= 4 is 6.41 Å². The third-order valence-corrected chi connectivity index (χ3v) is 3.09. The highest BCUT2D eigenvalue weighted by atomic mass is 16.5. The standard InChI is InChI=1S/C16H20N2O3/c1-3-5-16-17-9-15(21-16)11-18(12-19)10-13-6-4-7-14(8-13)20-2/h4,6-9,12H,3,5,10-11H2,1-2H3. The molecule has 0 atom stereocenters. The molecule has 0 aliphatic rings. The van der Waals surface area contributed by atoms with Gasteiger partial charge in [0.05, 0.1) is 19.9 Å². The Morgan fingerprint density at radius 1 is 1.38 bits per heavy atom. The van der Waals surface area contributed by atoms with Crippen molar-refractivity contribution in [2.75, 3.05) is 7.11 Å². The predicted octanol–water partition coefficient (Wildman–Crippen LogP) is 2.79. The number of rotatable bonds is 8. The number of aromatic nitrogens is 1. The number of carbonyl (C=O) groups is 1. The normalized spacial score (nSPS) is 10.4. The topological polar surface area (TPSA) is 55.6 Å². The molecule has 1 aromatic carbocycles. The minimum absolute atomic E-state index is 0.414. The highest BCUT2D eigenvalue weighted by Crippen LogP contribution is 2.15. The van der Waals surface area contributed by atoms with E-state index in [9.17, 15) is 4.79 Å². The summed E-state index contributed by atoms with van der Waals surface area (Å²) in [5.41, 5.74) is 1.01. The number of hydrogen-bond acceptors (Lipinski definition) is 4. The number of aryl methyl sites for hydroxylation is 1. The Kier molecular flexibility index (Phi) is 5.37. The van der Waals surface area contributed by atoms with Crippen molar-refractivity contribution in [2.24, 2.45) is 0 Å². The number of nitrogens with zero attached hydrogens (tertiary/aromatic N) is 2. The summed E-state index contributed by atoms with van der Waals surface area (Å²) in [5.74, 6) is 2.21. The first-order chi connectivity index (χ1) is 10.2. The Morgan fingerprint density at radius 3 is 2.95 bits per heavy atom. The van der Waals surface area contributed by atoms with Gasteiger partial charge in [-0.2, -0.15) is 0 Å². The zero-order valence-corrected chi connectivity index (χ0v) is 12.4. The molecule has 0 fully saturated rings. The van der Waals surface area contributed by atoms with Crippen LogP contribution in [0.2, 0.25) is 0 Å². The highest BCUT2D eigenvalue weighted by molar-refractivity contribution is 5.47. The van der Waals surface area contributed by atoms with Crippen LogP contribution in [-0.4, -0.2) is 23.4 Å². The molecule has 112 valence electrons. The van der Waals surface area contributed by atoms with Gasteiger partial charge in [0.25, 0.3) is 0 Å².